The van der Waals surface area contributed by atoms with Crippen LogP contribution in [0.5, 0.6) is 11.5 Å². The molecule has 1 aliphatic heterocycles. The van der Waals surface area contributed by atoms with Crippen LogP contribution in [0, 0.1) is 0 Å². The van der Waals surface area contributed by atoms with E-state index in [4.69, 9.17) is 13.9 Å². The first-order chi connectivity index (χ1) is 10.7. The number of ether oxygens (including phenoxy) is 2. The lowest BCUT2D eigenvalue weighted by atomic mass is 10.1. The molecule has 5 nitrogen and oxygen atoms in total. The zero-order chi connectivity index (χ0) is 15.5. The van der Waals surface area contributed by atoms with E-state index < -0.39 is 0 Å². The summed E-state index contributed by atoms with van der Waals surface area (Å²) in [6.45, 7) is 0.448. The predicted molar refractivity (Wildman–Crippen MR) is 84.0 cm³/mol. The van der Waals surface area contributed by atoms with Crippen LogP contribution in [-0.4, -0.2) is 30.8 Å². The number of benzene rings is 1. The molecule has 1 fully saturated rings. The molecule has 1 aromatic carbocycles. The topological polar surface area (TPSA) is 51.9 Å². The molecule has 2 aromatic rings. The number of amides is 1. The Morgan fingerprint density at radius 1 is 1.32 bits per heavy atom. The molecule has 1 saturated heterocycles. The molecule has 0 unspecified atom stereocenters. The molecular weight excluding hydrogens is 302 g/mol. The molecule has 2 heterocycles. The number of hydrogen-bond acceptors (Lipinski definition) is 5. The molecule has 22 heavy (non-hydrogen) atoms. The molecule has 0 N–H and O–H groups in total. The highest BCUT2D eigenvalue weighted by Gasteiger charge is 2.35. The van der Waals surface area contributed by atoms with E-state index in [2.05, 4.69) is 0 Å². The number of methoxy groups -OCH3 is 2. The maximum Gasteiger partial charge on any atom is 0.234 e. The van der Waals surface area contributed by atoms with Crippen LogP contribution in [0.3, 0.4) is 0 Å². The van der Waals surface area contributed by atoms with E-state index in [1.54, 1.807) is 37.1 Å². The summed E-state index contributed by atoms with van der Waals surface area (Å²) >= 11 is 1.58. The van der Waals surface area contributed by atoms with E-state index in [0.717, 1.165) is 22.8 Å². The number of carbonyl (C=O) groups is 1. The fourth-order valence-electron chi connectivity index (χ4n) is 2.49. The number of nitrogens with zero attached hydrogens (tertiary/aromatic N) is 1. The predicted octanol–water partition coefficient (Wildman–Crippen LogP) is 3.07. The Morgan fingerprint density at radius 3 is 2.86 bits per heavy atom. The lowest BCUT2D eigenvalue weighted by Crippen LogP contribution is -2.27. The molecule has 3 rings (SSSR count). The molecule has 0 spiro atoms. The van der Waals surface area contributed by atoms with Crippen molar-refractivity contribution in [2.24, 2.45) is 0 Å². The van der Waals surface area contributed by atoms with Gasteiger partial charge in [-0.3, -0.25) is 4.79 Å². The smallest absolute Gasteiger partial charge is 0.234 e. The van der Waals surface area contributed by atoms with Crippen LogP contribution in [0.2, 0.25) is 0 Å². The Balaban J connectivity index is 1.93. The first-order valence-corrected chi connectivity index (χ1v) is 7.93. The van der Waals surface area contributed by atoms with Crippen LogP contribution in [0.4, 0.5) is 0 Å². The summed E-state index contributed by atoms with van der Waals surface area (Å²) in [6, 6.07) is 9.33. The Kier molecular flexibility index (Phi) is 4.29. The highest BCUT2D eigenvalue weighted by Crippen LogP contribution is 2.44. The second-order valence-electron chi connectivity index (χ2n) is 4.87. The Bertz CT molecular complexity index is 656. The summed E-state index contributed by atoms with van der Waals surface area (Å²) < 4.78 is 16.1. The third-order valence-electron chi connectivity index (χ3n) is 3.58. The van der Waals surface area contributed by atoms with Crippen molar-refractivity contribution in [1.29, 1.82) is 0 Å². The third kappa shape index (κ3) is 2.78. The molecule has 0 bridgehead atoms. The van der Waals surface area contributed by atoms with Crippen LogP contribution in [-0.2, 0) is 11.3 Å². The van der Waals surface area contributed by atoms with E-state index in [1.807, 2.05) is 30.3 Å². The third-order valence-corrected chi connectivity index (χ3v) is 4.82. The molecule has 0 radical (unpaired) electrons. The van der Waals surface area contributed by atoms with Crippen molar-refractivity contribution in [2.45, 2.75) is 11.9 Å². The first-order valence-electron chi connectivity index (χ1n) is 6.88. The summed E-state index contributed by atoms with van der Waals surface area (Å²) in [4.78, 5) is 14.0. The molecule has 0 saturated carbocycles. The number of rotatable bonds is 5. The zero-order valence-electron chi connectivity index (χ0n) is 12.4. The van der Waals surface area contributed by atoms with Gasteiger partial charge in [0, 0.05) is 5.56 Å². The molecule has 1 atom stereocenters. The van der Waals surface area contributed by atoms with Crippen LogP contribution in [0.25, 0.3) is 0 Å². The number of carbonyl (C=O) groups excluding carboxylic acids is 1. The maximum absolute atomic E-state index is 12.2. The monoisotopic (exact) mass is 319 g/mol. The van der Waals surface area contributed by atoms with Gasteiger partial charge in [-0.15, -0.1) is 11.8 Å². The van der Waals surface area contributed by atoms with Crippen molar-refractivity contribution in [1.82, 2.24) is 4.90 Å². The van der Waals surface area contributed by atoms with Gasteiger partial charge < -0.3 is 18.8 Å². The molecular formula is C16H17NO4S. The molecule has 0 aliphatic carbocycles. The molecule has 1 aromatic heterocycles. The van der Waals surface area contributed by atoms with Gasteiger partial charge in [0.1, 0.15) is 22.6 Å². The summed E-state index contributed by atoms with van der Waals surface area (Å²) in [6.07, 6.45) is 1.62. The van der Waals surface area contributed by atoms with Crippen molar-refractivity contribution in [3.8, 4) is 11.5 Å². The molecule has 116 valence electrons. The SMILES string of the molecule is COc1ccc(OC)c([C@@H]2SCC(=O)N2Cc2ccco2)c1. The normalized spacial score (nSPS) is 17.8. The van der Waals surface area contributed by atoms with Crippen molar-refractivity contribution >= 4 is 17.7 Å². The maximum atomic E-state index is 12.2. The van der Waals surface area contributed by atoms with E-state index in [0.29, 0.717) is 12.3 Å². The molecule has 6 heteroatoms. The number of thioether (sulfide) groups is 1. The minimum absolute atomic E-state index is 0.0938. The highest BCUT2D eigenvalue weighted by atomic mass is 32.2. The van der Waals surface area contributed by atoms with Crippen molar-refractivity contribution in [2.75, 3.05) is 20.0 Å². The van der Waals surface area contributed by atoms with Gasteiger partial charge in [-0.1, -0.05) is 0 Å². The first kappa shape index (κ1) is 14.8. The fraction of sp³-hybridized carbons (Fsp3) is 0.312. The van der Waals surface area contributed by atoms with Gasteiger partial charge in [-0.05, 0) is 30.3 Å². The Labute approximate surface area is 133 Å². The number of furan rings is 1. The fourth-order valence-corrected chi connectivity index (χ4v) is 3.69. The van der Waals surface area contributed by atoms with Crippen LogP contribution in [0.1, 0.15) is 16.7 Å². The van der Waals surface area contributed by atoms with Gasteiger partial charge in [0.05, 0.1) is 32.8 Å². The van der Waals surface area contributed by atoms with Gasteiger partial charge in [-0.2, -0.15) is 0 Å². The summed E-state index contributed by atoms with van der Waals surface area (Å²) in [5.74, 6) is 2.80. The van der Waals surface area contributed by atoms with Gasteiger partial charge in [-0.25, -0.2) is 0 Å². The average molecular weight is 319 g/mol. The zero-order valence-corrected chi connectivity index (χ0v) is 13.3. The lowest BCUT2D eigenvalue weighted by Gasteiger charge is -2.25. The van der Waals surface area contributed by atoms with E-state index >= 15 is 0 Å². The lowest BCUT2D eigenvalue weighted by molar-refractivity contribution is -0.128. The van der Waals surface area contributed by atoms with E-state index in [1.165, 1.54) is 0 Å². The van der Waals surface area contributed by atoms with Crippen LogP contribution >= 0.6 is 11.8 Å². The number of hydrogen-bond donors (Lipinski definition) is 0. The van der Waals surface area contributed by atoms with Crippen molar-refractivity contribution < 1.29 is 18.7 Å². The van der Waals surface area contributed by atoms with E-state index in [9.17, 15) is 4.79 Å². The van der Waals surface area contributed by atoms with Gasteiger partial charge in [0.15, 0.2) is 0 Å². The standard InChI is InChI=1S/C16H17NO4S/c1-19-11-5-6-14(20-2)13(8-11)16-17(15(18)10-22-16)9-12-4-3-7-21-12/h3-8,16H,9-10H2,1-2H3/t16-/m0/s1. The Hall–Kier alpha value is -2.08. The minimum atomic E-state index is -0.109. The van der Waals surface area contributed by atoms with Crippen molar-refractivity contribution in [3.05, 3.63) is 47.9 Å². The minimum Gasteiger partial charge on any atom is -0.497 e. The van der Waals surface area contributed by atoms with Gasteiger partial charge >= 0.3 is 0 Å². The highest BCUT2D eigenvalue weighted by molar-refractivity contribution is 8.00. The van der Waals surface area contributed by atoms with E-state index in [-0.39, 0.29) is 11.3 Å². The van der Waals surface area contributed by atoms with Crippen LogP contribution < -0.4 is 9.47 Å². The quantitative estimate of drug-likeness (QED) is 0.848. The second-order valence-corrected chi connectivity index (χ2v) is 5.94. The largest absolute Gasteiger partial charge is 0.497 e. The average Bonchev–Trinajstić information content (AvgIpc) is 3.18. The van der Waals surface area contributed by atoms with Gasteiger partial charge in [0.25, 0.3) is 0 Å². The van der Waals surface area contributed by atoms with Crippen LogP contribution in [0.15, 0.2) is 41.0 Å². The summed E-state index contributed by atoms with van der Waals surface area (Å²) in [5.41, 5.74) is 0.934. The molecule has 1 amide bonds. The molecule has 1 aliphatic rings. The summed E-state index contributed by atoms with van der Waals surface area (Å²) in [7, 11) is 3.25. The van der Waals surface area contributed by atoms with Gasteiger partial charge in [0.2, 0.25) is 5.91 Å². The summed E-state index contributed by atoms with van der Waals surface area (Å²) in [5, 5.41) is -0.109. The Morgan fingerprint density at radius 2 is 2.18 bits per heavy atom. The second kappa shape index (κ2) is 6.36. The van der Waals surface area contributed by atoms with Crippen molar-refractivity contribution in [3.63, 3.8) is 0 Å².